The fourth-order valence-electron chi connectivity index (χ4n) is 1.47. The van der Waals surface area contributed by atoms with Gasteiger partial charge in [0, 0.05) is 16.6 Å². The Balaban J connectivity index is 3.26. The SMILES string of the molecule is Cc1c(Cl)cc(F)c(O)c1C(N)CC(=O)O. The fraction of sp³-hybridized carbons (Fsp3) is 0.300. The summed E-state index contributed by atoms with van der Waals surface area (Å²) in [5, 5.41) is 18.2. The van der Waals surface area contributed by atoms with Crippen LogP contribution in [0.3, 0.4) is 0 Å². The third kappa shape index (κ3) is 2.43. The molecule has 1 atom stereocenters. The van der Waals surface area contributed by atoms with E-state index in [9.17, 15) is 14.3 Å². The standard InChI is InChI=1S/C10H11ClFNO3/c1-4-5(11)2-6(12)10(16)9(4)7(13)3-8(14)15/h2,7,16H,3,13H2,1H3,(H,14,15). The summed E-state index contributed by atoms with van der Waals surface area (Å²) in [6, 6.07) is -0.0332. The number of aromatic hydroxyl groups is 1. The van der Waals surface area contributed by atoms with Crippen LogP contribution >= 0.6 is 11.6 Å². The van der Waals surface area contributed by atoms with Crippen LogP contribution in [0, 0.1) is 12.7 Å². The molecule has 0 aliphatic heterocycles. The van der Waals surface area contributed by atoms with Gasteiger partial charge in [0.2, 0.25) is 0 Å². The van der Waals surface area contributed by atoms with Crippen molar-refractivity contribution in [1.82, 2.24) is 0 Å². The van der Waals surface area contributed by atoms with Gasteiger partial charge in [-0.15, -0.1) is 0 Å². The van der Waals surface area contributed by atoms with Gasteiger partial charge in [0.25, 0.3) is 0 Å². The Morgan fingerprint density at radius 1 is 1.69 bits per heavy atom. The summed E-state index contributed by atoms with van der Waals surface area (Å²) >= 11 is 5.72. The zero-order valence-electron chi connectivity index (χ0n) is 8.50. The van der Waals surface area contributed by atoms with Gasteiger partial charge in [0.1, 0.15) is 0 Å². The molecule has 1 aromatic rings. The molecule has 0 radical (unpaired) electrons. The average Bonchev–Trinajstić information content (AvgIpc) is 2.14. The van der Waals surface area contributed by atoms with Crippen molar-refractivity contribution in [3.05, 3.63) is 28.0 Å². The van der Waals surface area contributed by atoms with Gasteiger partial charge in [-0.1, -0.05) is 11.6 Å². The van der Waals surface area contributed by atoms with E-state index in [4.69, 9.17) is 22.4 Å². The lowest BCUT2D eigenvalue weighted by Gasteiger charge is -2.16. The lowest BCUT2D eigenvalue weighted by atomic mass is 9.98. The molecule has 0 heterocycles. The van der Waals surface area contributed by atoms with Crippen molar-refractivity contribution >= 4 is 17.6 Å². The molecule has 0 saturated heterocycles. The average molecular weight is 248 g/mol. The molecule has 88 valence electrons. The molecule has 0 aliphatic carbocycles. The predicted molar refractivity (Wildman–Crippen MR) is 57.0 cm³/mol. The van der Waals surface area contributed by atoms with Crippen molar-refractivity contribution in [1.29, 1.82) is 0 Å². The Kier molecular flexibility index (Phi) is 3.72. The fourth-order valence-corrected chi connectivity index (χ4v) is 1.66. The maximum Gasteiger partial charge on any atom is 0.305 e. The molecule has 0 aliphatic rings. The first-order chi connectivity index (χ1) is 7.34. The van der Waals surface area contributed by atoms with Gasteiger partial charge < -0.3 is 15.9 Å². The quantitative estimate of drug-likeness (QED) is 0.762. The molecule has 0 amide bonds. The molecule has 0 spiro atoms. The molecule has 1 rings (SSSR count). The van der Waals surface area contributed by atoms with E-state index in [2.05, 4.69) is 0 Å². The summed E-state index contributed by atoms with van der Waals surface area (Å²) < 4.78 is 13.2. The second-order valence-corrected chi connectivity index (χ2v) is 3.84. The normalized spacial score (nSPS) is 12.5. The first kappa shape index (κ1) is 12.7. The molecule has 0 saturated carbocycles. The number of hydrogen-bond donors (Lipinski definition) is 3. The van der Waals surface area contributed by atoms with E-state index in [0.717, 1.165) is 6.07 Å². The summed E-state index contributed by atoms with van der Waals surface area (Å²) in [6.07, 6.45) is -0.409. The van der Waals surface area contributed by atoms with E-state index >= 15 is 0 Å². The molecule has 4 nitrogen and oxygen atoms in total. The number of phenolic OH excluding ortho intramolecular Hbond substituents is 1. The lowest BCUT2D eigenvalue weighted by molar-refractivity contribution is -0.137. The number of hydrogen-bond acceptors (Lipinski definition) is 3. The van der Waals surface area contributed by atoms with Crippen LogP contribution < -0.4 is 5.73 Å². The van der Waals surface area contributed by atoms with E-state index < -0.39 is 30.0 Å². The molecule has 16 heavy (non-hydrogen) atoms. The van der Waals surface area contributed by atoms with Crippen LogP contribution in [0.1, 0.15) is 23.6 Å². The van der Waals surface area contributed by atoms with E-state index in [1.165, 1.54) is 0 Å². The minimum Gasteiger partial charge on any atom is -0.505 e. The number of halogens is 2. The van der Waals surface area contributed by atoms with Crippen molar-refractivity contribution in [2.45, 2.75) is 19.4 Å². The van der Waals surface area contributed by atoms with Crippen molar-refractivity contribution < 1.29 is 19.4 Å². The maximum atomic E-state index is 13.2. The highest BCUT2D eigenvalue weighted by molar-refractivity contribution is 6.31. The molecule has 0 bridgehead atoms. The van der Waals surface area contributed by atoms with Gasteiger partial charge in [-0.05, 0) is 18.6 Å². The highest BCUT2D eigenvalue weighted by atomic mass is 35.5. The summed E-state index contributed by atoms with van der Waals surface area (Å²) in [5.41, 5.74) is 5.99. The van der Waals surface area contributed by atoms with Gasteiger partial charge >= 0.3 is 5.97 Å². The van der Waals surface area contributed by atoms with Crippen LogP contribution in [0.15, 0.2) is 6.07 Å². The minimum absolute atomic E-state index is 0.0346. The monoisotopic (exact) mass is 247 g/mol. The maximum absolute atomic E-state index is 13.2. The first-order valence-corrected chi connectivity index (χ1v) is 4.87. The third-order valence-electron chi connectivity index (χ3n) is 2.26. The highest BCUT2D eigenvalue weighted by Crippen LogP contribution is 2.34. The zero-order valence-corrected chi connectivity index (χ0v) is 9.25. The lowest BCUT2D eigenvalue weighted by Crippen LogP contribution is -2.17. The Labute approximate surface area is 96.4 Å². The second kappa shape index (κ2) is 4.67. The molecule has 0 fully saturated rings. The van der Waals surface area contributed by atoms with E-state index in [1.807, 2.05) is 0 Å². The highest BCUT2D eigenvalue weighted by Gasteiger charge is 2.21. The van der Waals surface area contributed by atoms with Crippen molar-refractivity contribution in [3.8, 4) is 5.75 Å². The molecule has 4 N–H and O–H groups in total. The van der Waals surface area contributed by atoms with Crippen LogP contribution in [0.25, 0.3) is 0 Å². The minimum atomic E-state index is -1.13. The summed E-state index contributed by atoms with van der Waals surface area (Å²) in [5.74, 6) is -2.69. The smallest absolute Gasteiger partial charge is 0.305 e. The Morgan fingerprint density at radius 3 is 2.75 bits per heavy atom. The Bertz CT molecular complexity index is 410. The number of carboxylic acid groups (broad SMARTS) is 1. The summed E-state index contributed by atoms with van der Waals surface area (Å²) in [4.78, 5) is 10.5. The molecule has 1 unspecified atom stereocenters. The van der Waals surface area contributed by atoms with Crippen LogP contribution in [0.2, 0.25) is 5.02 Å². The predicted octanol–water partition coefficient (Wildman–Crippen LogP) is 1.97. The zero-order chi connectivity index (χ0) is 12.5. The topological polar surface area (TPSA) is 83.5 Å². The molecular weight excluding hydrogens is 237 g/mol. The van der Waals surface area contributed by atoms with Crippen molar-refractivity contribution in [3.63, 3.8) is 0 Å². The summed E-state index contributed by atoms with van der Waals surface area (Å²) in [7, 11) is 0. The molecule has 6 heteroatoms. The van der Waals surface area contributed by atoms with E-state index in [1.54, 1.807) is 6.92 Å². The number of phenols is 1. The van der Waals surface area contributed by atoms with Gasteiger partial charge in [-0.25, -0.2) is 4.39 Å². The van der Waals surface area contributed by atoms with Crippen LogP contribution in [-0.4, -0.2) is 16.2 Å². The molecular formula is C10H11ClFNO3. The van der Waals surface area contributed by atoms with Crippen LogP contribution in [0.5, 0.6) is 5.75 Å². The van der Waals surface area contributed by atoms with Gasteiger partial charge in [0.15, 0.2) is 11.6 Å². The largest absolute Gasteiger partial charge is 0.505 e. The van der Waals surface area contributed by atoms with Crippen LogP contribution in [-0.2, 0) is 4.79 Å². The van der Waals surface area contributed by atoms with Crippen molar-refractivity contribution in [2.75, 3.05) is 0 Å². The number of rotatable bonds is 3. The number of benzene rings is 1. The van der Waals surface area contributed by atoms with Crippen molar-refractivity contribution in [2.24, 2.45) is 5.73 Å². The molecule has 0 aromatic heterocycles. The van der Waals surface area contributed by atoms with E-state index in [0.29, 0.717) is 5.56 Å². The number of aliphatic carboxylic acids is 1. The number of nitrogens with two attached hydrogens (primary N) is 1. The second-order valence-electron chi connectivity index (χ2n) is 3.43. The van der Waals surface area contributed by atoms with Gasteiger partial charge in [0.05, 0.1) is 6.42 Å². The Morgan fingerprint density at radius 2 is 2.25 bits per heavy atom. The van der Waals surface area contributed by atoms with E-state index in [-0.39, 0.29) is 10.6 Å². The number of carboxylic acids is 1. The Hall–Kier alpha value is -1.33. The third-order valence-corrected chi connectivity index (χ3v) is 2.65. The van der Waals surface area contributed by atoms with Gasteiger partial charge in [-0.2, -0.15) is 0 Å². The molecule has 1 aromatic carbocycles. The number of carbonyl (C=O) groups is 1. The first-order valence-electron chi connectivity index (χ1n) is 4.49. The van der Waals surface area contributed by atoms with Gasteiger partial charge in [-0.3, -0.25) is 4.79 Å². The summed E-state index contributed by atoms with van der Waals surface area (Å²) in [6.45, 7) is 1.54. The van der Waals surface area contributed by atoms with Crippen LogP contribution in [0.4, 0.5) is 4.39 Å².